The van der Waals surface area contributed by atoms with Gasteiger partial charge in [-0.2, -0.15) is 8.75 Å². The highest BCUT2D eigenvalue weighted by Gasteiger charge is 2.52. The van der Waals surface area contributed by atoms with Crippen LogP contribution in [0.4, 0.5) is 8.78 Å². The number of aromatic nitrogens is 2. The topological polar surface area (TPSA) is 107 Å². The molecular formula is C76H86F2N6O4S7. The molecule has 0 saturated heterocycles. The SMILES string of the molecule is CCCCC(CC)CN1C(=O)C2=C(c3ccc(-c4ccc(-c5c(F)c(F)c(-c6ccc(-c7ccc(C8=C9C(=O)N(CC(CC)CCCC)C(c%10ccc(C)s%10)=C9C(=O)N8CC(CC)CCCC)s7)s6)c6nsnc56)s4)s3)N(CC(CC)CCCC)C(=O)C2=C1c1ccc(C)s1. The maximum absolute atomic E-state index is 17.3. The number of rotatable bonds is 32. The van der Waals surface area contributed by atoms with Gasteiger partial charge < -0.3 is 19.6 Å². The highest BCUT2D eigenvalue weighted by molar-refractivity contribution is 7.25. The molecule has 12 rings (SSSR count). The first kappa shape index (κ1) is 68.9. The van der Waals surface area contributed by atoms with Crippen LogP contribution in [0.2, 0.25) is 0 Å². The summed E-state index contributed by atoms with van der Waals surface area (Å²) < 4.78 is 43.9. The fourth-order valence-electron chi connectivity index (χ4n) is 14.1. The van der Waals surface area contributed by atoms with Gasteiger partial charge in [0.05, 0.1) is 87.4 Å². The summed E-state index contributed by atoms with van der Waals surface area (Å²) in [5.41, 5.74) is 5.39. The number of carbonyl (C=O) groups excluding carboxylic acids is 4. The average molecular weight is 1410 g/mol. The van der Waals surface area contributed by atoms with E-state index in [1.54, 1.807) is 22.7 Å². The lowest BCUT2D eigenvalue weighted by Gasteiger charge is -2.29. The zero-order valence-corrected chi connectivity index (χ0v) is 62.0. The van der Waals surface area contributed by atoms with Crippen molar-refractivity contribution >= 4 is 137 Å². The van der Waals surface area contributed by atoms with E-state index in [9.17, 15) is 0 Å². The number of benzene rings is 1. The number of amides is 4. The van der Waals surface area contributed by atoms with E-state index in [2.05, 4.69) is 102 Å². The molecule has 8 aromatic rings. The zero-order chi connectivity index (χ0) is 66.9. The minimum atomic E-state index is -1.01. The Kier molecular flexibility index (Phi) is 21.7. The molecule has 4 aliphatic rings. The normalized spacial score (nSPS) is 16.5. The van der Waals surface area contributed by atoms with Crippen LogP contribution < -0.4 is 0 Å². The van der Waals surface area contributed by atoms with Crippen LogP contribution in [0.15, 0.2) is 95.1 Å². The molecule has 0 fully saturated rings. The van der Waals surface area contributed by atoms with E-state index in [-0.39, 0.29) is 69.5 Å². The summed E-state index contributed by atoms with van der Waals surface area (Å²) in [5, 5.41) is 0. The van der Waals surface area contributed by atoms with Crippen LogP contribution in [0.5, 0.6) is 0 Å². The molecule has 4 amide bonds. The Morgan fingerprint density at radius 1 is 0.347 bits per heavy atom. The highest BCUT2D eigenvalue weighted by atomic mass is 32.1. The van der Waals surface area contributed by atoms with Crippen molar-refractivity contribution in [2.24, 2.45) is 23.7 Å². The van der Waals surface area contributed by atoms with Crippen LogP contribution in [-0.4, -0.2) is 78.2 Å². The summed E-state index contributed by atoms with van der Waals surface area (Å²) in [6.07, 6.45) is 16.1. The molecule has 0 saturated carbocycles. The monoisotopic (exact) mass is 1410 g/mol. The van der Waals surface area contributed by atoms with Crippen molar-refractivity contribution < 1.29 is 28.0 Å². The molecule has 10 nitrogen and oxygen atoms in total. The molecule has 0 radical (unpaired) electrons. The van der Waals surface area contributed by atoms with Crippen molar-refractivity contribution in [1.82, 2.24) is 28.3 Å². The Morgan fingerprint density at radius 2 is 0.589 bits per heavy atom. The molecule has 0 spiro atoms. The van der Waals surface area contributed by atoms with Crippen LogP contribution in [-0.2, 0) is 19.2 Å². The number of thiophene rings is 6. The maximum atomic E-state index is 17.3. The first-order valence-corrected chi connectivity index (χ1v) is 40.2. The largest absolute Gasteiger partial charge is 0.306 e. The second-order valence-electron chi connectivity index (χ2n) is 26.0. The van der Waals surface area contributed by atoms with Gasteiger partial charge >= 0.3 is 0 Å². The van der Waals surface area contributed by atoms with E-state index in [1.165, 1.54) is 45.3 Å². The average Bonchev–Trinajstić information content (AvgIpc) is 1.57. The first-order valence-electron chi connectivity index (χ1n) is 34.5. The molecular weight excluding hydrogens is 1320 g/mol. The van der Waals surface area contributed by atoms with E-state index < -0.39 is 11.6 Å². The van der Waals surface area contributed by atoms with Crippen molar-refractivity contribution in [2.75, 3.05) is 26.2 Å². The number of fused-ring (bicyclic) bond motifs is 3. The van der Waals surface area contributed by atoms with Gasteiger partial charge in [0.15, 0.2) is 11.6 Å². The number of hydrogen-bond acceptors (Lipinski definition) is 13. The Balaban J connectivity index is 0.875. The molecule has 0 N–H and O–H groups in total. The number of nitrogens with zero attached hydrogens (tertiary/aromatic N) is 6. The third kappa shape index (κ3) is 13.2. The van der Waals surface area contributed by atoms with E-state index in [0.717, 1.165) is 175 Å². The van der Waals surface area contributed by atoms with Gasteiger partial charge in [0, 0.05) is 65.2 Å². The summed E-state index contributed by atoms with van der Waals surface area (Å²) >= 11 is 9.86. The third-order valence-corrected chi connectivity index (χ3v) is 27.0. The number of hydrogen-bond donors (Lipinski definition) is 0. The minimum Gasteiger partial charge on any atom is -0.306 e. The number of aryl methyl sites for hydroxylation is 2. The van der Waals surface area contributed by atoms with Crippen molar-refractivity contribution in [3.8, 4) is 40.4 Å². The van der Waals surface area contributed by atoms with Gasteiger partial charge in [-0.05, 0) is 136 Å². The van der Waals surface area contributed by atoms with E-state index in [4.69, 9.17) is 0 Å². The Bertz CT molecular complexity index is 4060. The number of carbonyl (C=O) groups is 4. The van der Waals surface area contributed by atoms with Gasteiger partial charge in [-0.15, -0.1) is 68.0 Å². The second-order valence-corrected chi connectivity index (χ2v) is 33.5. The van der Waals surface area contributed by atoms with Crippen molar-refractivity contribution in [3.63, 3.8) is 0 Å². The maximum Gasteiger partial charge on any atom is 0.261 e. The van der Waals surface area contributed by atoms with Gasteiger partial charge in [0.2, 0.25) is 0 Å². The van der Waals surface area contributed by atoms with Crippen molar-refractivity contribution in [1.29, 1.82) is 0 Å². The van der Waals surface area contributed by atoms with Gasteiger partial charge in [-0.25, -0.2) is 8.78 Å². The molecule has 0 aliphatic carbocycles. The van der Waals surface area contributed by atoms with Crippen LogP contribution in [0.3, 0.4) is 0 Å². The summed E-state index contributed by atoms with van der Waals surface area (Å²) in [4.78, 5) is 78.9. The molecule has 95 heavy (non-hydrogen) atoms. The second kappa shape index (κ2) is 30.0. The van der Waals surface area contributed by atoms with Crippen LogP contribution >= 0.6 is 79.7 Å². The van der Waals surface area contributed by atoms with Crippen LogP contribution in [0.1, 0.15) is 187 Å². The number of unbranched alkanes of at least 4 members (excludes halogenated alkanes) is 4. The van der Waals surface area contributed by atoms with E-state index in [1.807, 2.05) is 68.1 Å². The molecule has 11 heterocycles. The summed E-state index contributed by atoms with van der Waals surface area (Å²) in [5.74, 6) is -1.45. The summed E-state index contributed by atoms with van der Waals surface area (Å²) in [6, 6.07) is 23.8. The van der Waals surface area contributed by atoms with Gasteiger partial charge in [0.25, 0.3) is 23.6 Å². The fraction of sp³-hybridized carbons (Fsp3) is 0.447. The third-order valence-electron chi connectivity index (χ3n) is 19.7. The molecule has 4 aliphatic heterocycles. The standard InChI is InChI=1S/C76H86F2N6O4S7/c1-11-19-23-45(15-5)39-81-69(55-29-27-43(9)89-55)61-63(75(81)87)71(83(73(61)85)41-47(17-7)25-21-13-3)57-37-33-51(93-57)49-31-35-53(91-49)59-65(77)66(78)60(68-67(59)79-95-80-68)54-36-32-50(92-54)52-34-38-58(94-52)72-64-62(74(86)84(72)42-48(18-8)26-22-14-4)70(56-30-28-44(10)90-56)82(76(64)88)40-46(16-6)24-20-12-2/h27-38,45-48H,11-26,39-42H2,1-10H3. The zero-order valence-electron chi connectivity index (χ0n) is 56.3. The predicted octanol–water partition coefficient (Wildman–Crippen LogP) is 22.1. The Labute approximate surface area is 587 Å². The predicted molar refractivity (Wildman–Crippen MR) is 396 cm³/mol. The molecule has 7 aromatic heterocycles. The van der Waals surface area contributed by atoms with Gasteiger partial charge in [-0.3, -0.25) is 19.2 Å². The molecule has 19 heteroatoms. The molecule has 1 aromatic carbocycles. The quantitative estimate of drug-likeness (QED) is 0.0416. The highest BCUT2D eigenvalue weighted by Crippen LogP contribution is 2.54. The van der Waals surface area contributed by atoms with Crippen LogP contribution in [0.25, 0.3) is 74.2 Å². The Hall–Kier alpha value is -6.06. The summed E-state index contributed by atoms with van der Waals surface area (Å²) in [6.45, 7) is 23.7. The number of halogens is 2. The molecule has 500 valence electrons. The molecule has 0 bridgehead atoms. The minimum absolute atomic E-state index is 0.0483. The van der Waals surface area contributed by atoms with Crippen LogP contribution in [0, 0.1) is 49.2 Å². The lowest BCUT2D eigenvalue weighted by molar-refractivity contribution is -0.124. The van der Waals surface area contributed by atoms with Gasteiger partial charge in [-0.1, -0.05) is 132 Å². The fourth-order valence-corrected chi connectivity index (χ4v) is 21.0. The van der Waals surface area contributed by atoms with Crippen molar-refractivity contribution in [2.45, 2.75) is 172 Å². The van der Waals surface area contributed by atoms with Crippen molar-refractivity contribution in [3.05, 3.63) is 136 Å². The van der Waals surface area contributed by atoms with E-state index in [0.29, 0.717) is 69.6 Å². The lowest BCUT2D eigenvalue weighted by Crippen LogP contribution is -2.34. The lowest BCUT2D eigenvalue weighted by atomic mass is 9.98. The Morgan fingerprint density at radius 3 is 0.842 bits per heavy atom. The van der Waals surface area contributed by atoms with Gasteiger partial charge in [0.1, 0.15) is 11.0 Å². The summed E-state index contributed by atoms with van der Waals surface area (Å²) in [7, 11) is 0. The molecule has 4 unspecified atom stereocenters. The van der Waals surface area contributed by atoms with E-state index >= 15 is 28.0 Å². The first-order chi connectivity index (χ1) is 46.1. The molecule has 4 atom stereocenters. The smallest absolute Gasteiger partial charge is 0.261 e.